The lowest BCUT2D eigenvalue weighted by molar-refractivity contribution is -0.117. The van der Waals surface area contributed by atoms with E-state index in [4.69, 9.17) is 16.3 Å². The zero-order chi connectivity index (χ0) is 21.2. The Hall–Kier alpha value is -2.12. The summed E-state index contributed by atoms with van der Waals surface area (Å²) in [6, 6.07) is 3.70. The van der Waals surface area contributed by atoms with Gasteiger partial charge in [-0.1, -0.05) is 32.4 Å². The average Bonchev–Trinajstić information content (AvgIpc) is 2.97. The van der Waals surface area contributed by atoms with Gasteiger partial charge in [-0.3, -0.25) is 4.79 Å². The van der Waals surface area contributed by atoms with Gasteiger partial charge in [-0.25, -0.2) is 9.78 Å². The van der Waals surface area contributed by atoms with Crippen LogP contribution in [0, 0.1) is 5.41 Å². The third-order valence-electron chi connectivity index (χ3n) is 4.56. The van der Waals surface area contributed by atoms with Crippen LogP contribution in [0.4, 0.5) is 10.7 Å². The van der Waals surface area contributed by atoms with Crippen molar-refractivity contribution in [3.8, 4) is 0 Å². The van der Waals surface area contributed by atoms with Crippen LogP contribution in [0.15, 0.2) is 18.3 Å². The molecule has 3 rings (SSSR count). The average molecular weight is 436 g/mol. The van der Waals surface area contributed by atoms with Crippen molar-refractivity contribution in [2.75, 3.05) is 23.4 Å². The summed E-state index contributed by atoms with van der Waals surface area (Å²) in [6.07, 6.45) is 2.82. The van der Waals surface area contributed by atoms with Gasteiger partial charge in [0.2, 0.25) is 5.91 Å². The first kappa shape index (κ1) is 21.6. The predicted molar refractivity (Wildman–Crippen MR) is 117 cm³/mol. The Morgan fingerprint density at radius 3 is 2.72 bits per heavy atom. The van der Waals surface area contributed by atoms with Crippen LogP contribution in [0.1, 0.15) is 54.9 Å². The number of rotatable bonds is 5. The number of halogens is 1. The van der Waals surface area contributed by atoms with E-state index in [-0.39, 0.29) is 17.3 Å². The molecule has 1 aliphatic rings. The zero-order valence-electron chi connectivity index (χ0n) is 17.2. The van der Waals surface area contributed by atoms with Crippen LogP contribution < -0.4 is 10.2 Å². The molecule has 6 nitrogen and oxygen atoms in total. The Labute approximate surface area is 180 Å². The Morgan fingerprint density at radius 1 is 1.34 bits per heavy atom. The second-order valence-corrected chi connectivity index (χ2v) is 9.72. The summed E-state index contributed by atoms with van der Waals surface area (Å²) >= 11 is 7.35. The Balaban J connectivity index is 1.89. The normalized spacial score (nSPS) is 13.8. The van der Waals surface area contributed by atoms with Crippen LogP contribution in [-0.2, 0) is 22.5 Å². The van der Waals surface area contributed by atoms with Crippen molar-refractivity contribution in [3.63, 3.8) is 0 Å². The molecule has 29 heavy (non-hydrogen) atoms. The third-order valence-corrected chi connectivity index (χ3v) is 5.91. The molecule has 0 atom stereocenters. The largest absolute Gasteiger partial charge is 0.462 e. The fourth-order valence-corrected chi connectivity index (χ4v) is 4.72. The highest BCUT2D eigenvalue weighted by atomic mass is 35.5. The molecule has 156 valence electrons. The van der Waals surface area contributed by atoms with E-state index in [1.54, 1.807) is 19.2 Å². The van der Waals surface area contributed by atoms with Gasteiger partial charge in [0.05, 0.1) is 30.6 Å². The molecule has 8 heteroatoms. The number of hydrogen-bond acceptors (Lipinski definition) is 6. The van der Waals surface area contributed by atoms with Crippen LogP contribution in [0.3, 0.4) is 0 Å². The number of esters is 1. The van der Waals surface area contributed by atoms with E-state index < -0.39 is 0 Å². The summed E-state index contributed by atoms with van der Waals surface area (Å²) in [5, 5.41) is 3.99. The highest BCUT2D eigenvalue weighted by Gasteiger charge is 2.30. The molecule has 3 heterocycles. The molecule has 0 bridgehead atoms. The van der Waals surface area contributed by atoms with Crippen molar-refractivity contribution in [3.05, 3.63) is 39.5 Å². The minimum Gasteiger partial charge on any atom is -0.462 e. The lowest BCUT2D eigenvalue weighted by Gasteiger charge is -2.28. The summed E-state index contributed by atoms with van der Waals surface area (Å²) in [5.74, 6) is -0.474. The van der Waals surface area contributed by atoms with Crippen molar-refractivity contribution in [1.29, 1.82) is 0 Å². The van der Waals surface area contributed by atoms with Crippen molar-refractivity contribution < 1.29 is 14.3 Å². The molecule has 1 N–H and O–H groups in total. The molecule has 0 saturated carbocycles. The molecule has 0 saturated heterocycles. The predicted octanol–water partition coefficient (Wildman–Crippen LogP) is 4.91. The molecule has 0 aliphatic carbocycles. The minimum atomic E-state index is -0.377. The summed E-state index contributed by atoms with van der Waals surface area (Å²) in [4.78, 5) is 32.6. The number of nitrogens with one attached hydrogen (secondary N) is 1. The molecule has 2 aromatic heterocycles. The van der Waals surface area contributed by atoms with E-state index in [1.807, 2.05) is 26.8 Å². The van der Waals surface area contributed by atoms with Gasteiger partial charge in [0, 0.05) is 17.8 Å². The van der Waals surface area contributed by atoms with Gasteiger partial charge >= 0.3 is 5.97 Å². The van der Waals surface area contributed by atoms with E-state index in [1.165, 1.54) is 11.3 Å². The van der Waals surface area contributed by atoms with Crippen LogP contribution in [0.2, 0.25) is 5.15 Å². The van der Waals surface area contributed by atoms with Gasteiger partial charge in [-0.05, 0) is 36.5 Å². The summed E-state index contributed by atoms with van der Waals surface area (Å²) < 4.78 is 5.28. The van der Waals surface area contributed by atoms with Crippen molar-refractivity contribution in [1.82, 2.24) is 4.98 Å². The maximum Gasteiger partial charge on any atom is 0.341 e. The molecule has 1 aliphatic heterocycles. The van der Waals surface area contributed by atoms with E-state index in [0.717, 1.165) is 22.7 Å². The second-order valence-electron chi connectivity index (χ2n) is 8.22. The molecule has 0 aromatic carbocycles. The molecule has 0 unspecified atom stereocenters. The zero-order valence-corrected chi connectivity index (χ0v) is 18.7. The number of hydrogen-bond donors (Lipinski definition) is 1. The van der Waals surface area contributed by atoms with Crippen molar-refractivity contribution in [2.24, 2.45) is 5.41 Å². The van der Waals surface area contributed by atoms with E-state index in [0.29, 0.717) is 41.7 Å². The fourth-order valence-electron chi connectivity index (χ4n) is 3.34. The van der Waals surface area contributed by atoms with Crippen molar-refractivity contribution in [2.45, 2.75) is 47.1 Å². The van der Waals surface area contributed by atoms with E-state index >= 15 is 0 Å². The standard InChI is InChI=1S/C21H26ClN3O3S/c1-5-28-20(27)18-14-8-9-25(13-6-7-16(22)23-11-13)12-15(14)29-19(18)24-17(26)10-21(2,3)4/h6-7,11H,5,8-10,12H2,1-4H3,(H,24,26). The van der Waals surface area contributed by atoms with E-state index in [2.05, 4.69) is 15.2 Å². The number of ether oxygens (including phenoxy) is 1. The molecule has 0 radical (unpaired) electrons. The number of carbonyl (C=O) groups excluding carboxylic acids is 2. The number of thiophene rings is 1. The highest BCUT2D eigenvalue weighted by Crippen LogP contribution is 2.39. The topological polar surface area (TPSA) is 71.5 Å². The smallest absolute Gasteiger partial charge is 0.341 e. The van der Waals surface area contributed by atoms with Gasteiger partial charge in [0.25, 0.3) is 0 Å². The minimum absolute atomic E-state index is 0.0968. The van der Waals surface area contributed by atoms with Gasteiger partial charge in [-0.15, -0.1) is 11.3 Å². The van der Waals surface area contributed by atoms with Crippen molar-refractivity contribution >= 4 is 45.5 Å². The maximum atomic E-state index is 12.6. The maximum absolute atomic E-state index is 12.6. The summed E-state index contributed by atoms with van der Waals surface area (Å²) in [7, 11) is 0. The molecule has 0 spiro atoms. The number of aromatic nitrogens is 1. The van der Waals surface area contributed by atoms with Gasteiger partial charge < -0.3 is 15.0 Å². The quantitative estimate of drug-likeness (QED) is 0.533. The Bertz CT molecular complexity index is 903. The number of fused-ring (bicyclic) bond motifs is 1. The lowest BCUT2D eigenvalue weighted by Crippen LogP contribution is -2.30. The molecule has 1 amide bonds. The number of amides is 1. The fraction of sp³-hybridized carbons (Fsp3) is 0.476. The number of anilines is 2. The van der Waals surface area contributed by atoms with Crippen LogP contribution in [0.25, 0.3) is 0 Å². The first-order valence-electron chi connectivity index (χ1n) is 9.66. The number of nitrogens with zero attached hydrogens (tertiary/aromatic N) is 2. The molecule has 2 aromatic rings. The van der Waals surface area contributed by atoms with Gasteiger partial charge in [-0.2, -0.15) is 0 Å². The first-order chi connectivity index (χ1) is 13.7. The van der Waals surface area contributed by atoms with Gasteiger partial charge in [0.1, 0.15) is 10.2 Å². The Morgan fingerprint density at radius 2 is 2.10 bits per heavy atom. The molecule has 0 fully saturated rings. The molecular weight excluding hydrogens is 410 g/mol. The number of carbonyl (C=O) groups is 2. The van der Waals surface area contributed by atoms with Crippen LogP contribution in [-0.4, -0.2) is 30.0 Å². The lowest BCUT2D eigenvalue weighted by atomic mass is 9.92. The van der Waals surface area contributed by atoms with Gasteiger partial charge in [0.15, 0.2) is 0 Å². The summed E-state index contributed by atoms with van der Waals surface area (Å²) in [6.45, 7) is 9.49. The third kappa shape index (κ3) is 5.28. The SMILES string of the molecule is CCOC(=O)c1c(NC(=O)CC(C)(C)C)sc2c1CCN(c1ccc(Cl)nc1)C2. The molecular formula is C21H26ClN3O3S. The second kappa shape index (κ2) is 8.71. The Kier molecular flexibility index (Phi) is 6.49. The highest BCUT2D eigenvalue weighted by molar-refractivity contribution is 7.17. The monoisotopic (exact) mass is 435 g/mol. The first-order valence-corrected chi connectivity index (χ1v) is 10.9. The van der Waals surface area contributed by atoms with Crippen LogP contribution in [0.5, 0.6) is 0 Å². The summed E-state index contributed by atoms with van der Waals surface area (Å²) in [5.41, 5.74) is 2.31. The van der Waals surface area contributed by atoms with E-state index in [9.17, 15) is 9.59 Å². The number of pyridine rings is 1. The van der Waals surface area contributed by atoms with Crippen LogP contribution >= 0.6 is 22.9 Å².